The van der Waals surface area contributed by atoms with Crippen LogP contribution in [0.1, 0.15) is 5.76 Å². The second-order valence-electron chi connectivity index (χ2n) is 3.47. The predicted octanol–water partition coefficient (Wildman–Crippen LogP) is 2.06. The van der Waals surface area contributed by atoms with E-state index < -0.39 is 10.0 Å². The molecular formula is C10H9BrN2O3S. The summed E-state index contributed by atoms with van der Waals surface area (Å²) in [6, 6.07) is 6.12. The molecule has 1 aromatic heterocycles. The average molecular weight is 317 g/mol. The number of hydrogen-bond donors (Lipinski definition) is 1. The maximum absolute atomic E-state index is 11.1. The zero-order valence-corrected chi connectivity index (χ0v) is 11.2. The fourth-order valence-electron chi connectivity index (χ4n) is 1.34. The summed E-state index contributed by atoms with van der Waals surface area (Å²) in [7, 11) is -3.66. The quantitative estimate of drug-likeness (QED) is 0.918. The number of aryl methyl sites for hydroxylation is 1. The van der Waals surface area contributed by atoms with Crippen LogP contribution in [0.25, 0.3) is 11.3 Å². The molecule has 5 nitrogen and oxygen atoms in total. The van der Waals surface area contributed by atoms with Crippen LogP contribution in [0.15, 0.2) is 38.2 Å². The molecule has 0 saturated carbocycles. The topological polar surface area (TPSA) is 86.2 Å². The highest BCUT2D eigenvalue weighted by Gasteiger charge is 2.13. The number of nitrogens with zero attached hydrogens (tertiary/aromatic N) is 1. The van der Waals surface area contributed by atoms with Crippen molar-refractivity contribution in [1.29, 1.82) is 0 Å². The molecule has 0 unspecified atom stereocenters. The summed E-state index contributed by atoms with van der Waals surface area (Å²) in [4.78, 5) is 0.0672. The highest BCUT2D eigenvalue weighted by molar-refractivity contribution is 9.10. The maximum atomic E-state index is 11.1. The summed E-state index contributed by atoms with van der Waals surface area (Å²) >= 11 is 3.35. The maximum Gasteiger partial charge on any atom is 0.238 e. The number of halogens is 1. The molecule has 2 rings (SSSR count). The lowest BCUT2D eigenvalue weighted by molar-refractivity contribution is 0.399. The van der Waals surface area contributed by atoms with Crippen molar-refractivity contribution in [3.05, 3.63) is 34.5 Å². The zero-order valence-electron chi connectivity index (χ0n) is 8.84. The molecule has 1 aromatic carbocycles. The Labute approximate surface area is 107 Å². The van der Waals surface area contributed by atoms with Gasteiger partial charge in [0.05, 0.1) is 9.37 Å². The first-order valence-electron chi connectivity index (χ1n) is 4.64. The monoisotopic (exact) mass is 316 g/mol. The van der Waals surface area contributed by atoms with Gasteiger partial charge in [-0.05, 0) is 35.0 Å². The number of aromatic nitrogens is 1. The van der Waals surface area contributed by atoms with Gasteiger partial charge < -0.3 is 4.52 Å². The van der Waals surface area contributed by atoms with Crippen LogP contribution < -0.4 is 5.14 Å². The van der Waals surface area contributed by atoms with Gasteiger partial charge in [0, 0.05) is 5.56 Å². The van der Waals surface area contributed by atoms with Gasteiger partial charge in [-0.25, -0.2) is 13.6 Å². The van der Waals surface area contributed by atoms with Crippen molar-refractivity contribution in [3.8, 4) is 11.3 Å². The first-order valence-corrected chi connectivity index (χ1v) is 6.98. The van der Waals surface area contributed by atoms with E-state index in [1.807, 2.05) is 0 Å². The van der Waals surface area contributed by atoms with Gasteiger partial charge in [-0.3, -0.25) is 0 Å². The molecule has 7 heteroatoms. The number of hydrogen-bond acceptors (Lipinski definition) is 4. The third kappa shape index (κ3) is 2.41. The lowest BCUT2D eigenvalue weighted by atomic mass is 10.1. The van der Waals surface area contributed by atoms with Crippen LogP contribution in [-0.2, 0) is 10.0 Å². The van der Waals surface area contributed by atoms with E-state index in [0.29, 0.717) is 11.5 Å². The summed E-state index contributed by atoms with van der Waals surface area (Å²) in [5.41, 5.74) is 1.38. The van der Waals surface area contributed by atoms with Gasteiger partial charge in [0.15, 0.2) is 0 Å². The molecular weight excluding hydrogens is 308 g/mol. The molecule has 0 aliphatic rings. The zero-order chi connectivity index (χ0) is 12.6. The lowest BCUT2D eigenvalue weighted by Crippen LogP contribution is -2.11. The van der Waals surface area contributed by atoms with Gasteiger partial charge in [-0.2, -0.15) is 0 Å². The van der Waals surface area contributed by atoms with Gasteiger partial charge in [-0.15, -0.1) is 0 Å². The van der Waals surface area contributed by atoms with E-state index in [1.165, 1.54) is 12.1 Å². The van der Waals surface area contributed by atoms with E-state index in [9.17, 15) is 8.42 Å². The van der Waals surface area contributed by atoms with Crippen molar-refractivity contribution in [2.45, 2.75) is 11.8 Å². The van der Waals surface area contributed by atoms with E-state index >= 15 is 0 Å². The summed E-state index contributed by atoms with van der Waals surface area (Å²) in [6.07, 6.45) is 0. The molecule has 2 aromatic rings. The molecule has 0 aliphatic heterocycles. The molecule has 17 heavy (non-hydrogen) atoms. The fourth-order valence-corrected chi connectivity index (χ4v) is 2.23. The third-order valence-corrected chi connectivity index (χ3v) is 4.11. The molecule has 0 saturated heterocycles. The van der Waals surface area contributed by atoms with Gasteiger partial charge >= 0.3 is 0 Å². The lowest BCUT2D eigenvalue weighted by Gasteiger charge is -2.00. The highest BCUT2D eigenvalue weighted by Crippen LogP contribution is 2.30. The molecule has 1 heterocycles. The largest absolute Gasteiger partial charge is 0.360 e. The summed E-state index contributed by atoms with van der Waals surface area (Å²) in [5, 5.41) is 8.88. The molecule has 0 bridgehead atoms. The molecule has 0 spiro atoms. The third-order valence-electron chi connectivity index (χ3n) is 2.25. The van der Waals surface area contributed by atoms with Crippen LogP contribution in [-0.4, -0.2) is 13.6 Å². The molecule has 2 N–H and O–H groups in total. The van der Waals surface area contributed by atoms with Crippen molar-refractivity contribution in [2.75, 3.05) is 0 Å². The summed E-state index contributed by atoms with van der Waals surface area (Å²) in [6.45, 7) is 1.78. The van der Waals surface area contributed by atoms with E-state index in [-0.39, 0.29) is 4.90 Å². The Morgan fingerprint density at radius 1 is 1.29 bits per heavy atom. The highest BCUT2D eigenvalue weighted by atomic mass is 79.9. The Morgan fingerprint density at radius 2 is 1.88 bits per heavy atom. The second kappa shape index (κ2) is 4.25. The van der Waals surface area contributed by atoms with Gasteiger partial charge in [0.1, 0.15) is 11.5 Å². The van der Waals surface area contributed by atoms with E-state index in [1.54, 1.807) is 19.1 Å². The van der Waals surface area contributed by atoms with Crippen molar-refractivity contribution in [2.24, 2.45) is 5.14 Å². The van der Waals surface area contributed by atoms with Crippen molar-refractivity contribution >= 4 is 26.0 Å². The Bertz CT molecular complexity index is 647. The Kier molecular flexibility index (Phi) is 3.07. The van der Waals surface area contributed by atoms with Crippen LogP contribution in [0, 0.1) is 6.92 Å². The van der Waals surface area contributed by atoms with Crippen LogP contribution in [0.2, 0.25) is 0 Å². The summed E-state index contributed by atoms with van der Waals surface area (Å²) < 4.78 is 27.9. The van der Waals surface area contributed by atoms with Crippen LogP contribution in [0.5, 0.6) is 0 Å². The molecule has 0 amide bonds. The number of sulfonamides is 1. The molecule has 0 aliphatic carbocycles. The standard InChI is InChI=1S/C10H9BrN2O3S/c1-6-9(11)10(13-16-6)7-2-4-8(5-3-7)17(12,14)15/h2-5H,1H3,(H2,12,14,15). The number of primary sulfonamides is 1. The Morgan fingerprint density at radius 3 is 2.29 bits per heavy atom. The molecule has 90 valence electrons. The minimum Gasteiger partial charge on any atom is -0.360 e. The SMILES string of the molecule is Cc1onc(-c2ccc(S(N)(=O)=O)cc2)c1Br. The van der Waals surface area contributed by atoms with E-state index in [2.05, 4.69) is 21.1 Å². The van der Waals surface area contributed by atoms with Crippen molar-refractivity contribution < 1.29 is 12.9 Å². The minimum absolute atomic E-state index is 0.0672. The number of benzene rings is 1. The van der Waals surface area contributed by atoms with Crippen LogP contribution in [0.3, 0.4) is 0 Å². The first kappa shape index (κ1) is 12.3. The first-order chi connectivity index (χ1) is 7.89. The number of rotatable bonds is 2. The number of nitrogens with two attached hydrogens (primary N) is 1. The smallest absolute Gasteiger partial charge is 0.238 e. The van der Waals surface area contributed by atoms with Gasteiger partial charge in [-0.1, -0.05) is 17.3 Å². The van der Waals surface area contributed by atoms with Crippen molar-refractivity contribution in [3.63, 3.8) is 0 Å². The van der Waals surface area contributed by atoms with Crippen LogP contribution >= 0.6 is 15.9 Å². The van der Waals surface area contributed by atoms with Gasteiger partial charge in [0.2, 0.25) is 10.0 Å². The molecule has 0 atom stereocenters. The minimum atomic E-state index is -3.66. The van der Waals surface area contributed by atoms with Crippen molar-refractivity contribution in [1.82, 2.24) is 5.16 Å². The normalized spacial score (nSPS) is 11.7. The van der Waals surface area contributed by atoms with E-state index in [0.717, 1.165) is 10.0 Å². The van der Waals surface area contributed by atoms with E-state index in [4.69, 9.17) is 9.66 Å². The second-order valence-corrected chi connectivity index (χ2v) is 5.83. The Balaban J connectivity index is 2.46. The average Bonchev–Trinajstić information content (AvgIpc) is 2.59. The van der Waals surface area contributed by atoms with Crippen LogP contribution in [0.4, 0.5) is 0 Å². The predicted molar refractivity (Wildman–Crippen MR) is 65.7 cm³/mol. The molecule has 0 radical (unpaired) electrons. The van der Waals surface area contributed by atoms with Gasteiger partial charge in [0.25, 0.3) is 0 Å². The molecule has 0 fully saturated rings. The Hall–Kier alpha value is -1.18. The fraction of sp³-hybridized carbons (Fsp3) is 0.100. The summed E-state index contributed by atoms with van der Waals surface area (Å²) in [5.74, 6) is 0.663.